The Balaban J connectivity index is 3.64. The summed E-state index contributed by atoms with van der Waals surface area (Å²) < 4.78 is 5.13. The number of hydrogen-bond acceptors (Lipinski definition) is 5. The summed E-state index contributed by atoms with van der Waals surface area (Å²) in [5.74, 6) is -0.108. The van der Waals surface area contributed by atoms with Crippen LogP contribution in [-0.4, -0.2) is 62.3 Å². The Hall–Kier alpha value is -1.34. The second kappa shape index (κ2) is 11.2. The van der Waals surface area contributed by atoms with Crippen molar-refractivity contribution in [2.75, 3.05) is 33.7 Å². The Morgan fingerprint density at radius 2 is 1.70 bits per heavy atom. The summed E-state index contributed by atoms with van der Waals surface area (Å²) in [7, 11) is 4.00. The first-order valence-corrected chi connectivity index (χ1v) is 8.26. The predicted molar refractivity (Wildman–Crippen MR) is 92.2 cm³/mol. The first-order chi connectivity index (χ1) is 10.6. The van der Waals surface area contributed by atoms with E-state index in [4.69, 9.17) is 10.5 Å². The molecule has 0 radical (unpaired) electrons. The van der Waals surface area contributed by atoms with E-state index < -0.39 is 17.7 Å². The number of carbonyl (C=O) groups excluding carboxylic acids is 2. The van der Waals surface area contributed by atoms with Crippen molar-refractivity contribution in [3.05, 3.63) is 0 Å². The zero-order chi connectivity index (χ0) is 17.9. The summed E-state index contributed by atoms with van der Waals surface area (Å²) in [5.41, 5.74) is 5.36. The molecule has 7 heteroatoms. The molecule has 0 aromatic rings. The Morgan fingerprint density at radius 3 is 2.26 bits per heavy atom. The Kier molecular flexibility index (Phi) is 10.6. The minimum Gasteiger partial charge on any atom is -0.444 e. The van der Waals surface area contributed by atoms with Crippen LogP contribution in [0.1, 0.15) is 46.5 Å². The minimum absolute atomic E-state index is 0.108. The fourth-order valence-electron chi connectivity index (χ4n) is 1.86. The highest BCUT2D eigenvalue weighted by atomic mass is 16.6. The molecule has 1 atom stereocenters. The van der Waals surface area contributed by atoms with Gasteiger partial charge in [0, 0.05) is 13.1 Å². The van der Waals surface area contributed by atoms with Gasteiger partial charge in [0.1, 0.15) is 5.60 Å². The highest BCUT2D eigenvalue weighted by Crippen LogP contribution is 2.06. The van der Waals surface area contributed by atoms with Crippen molar-refractivity contribution < 1.29 is 14.3 Å². The Labute approximate surface area is 140 Å². The summed E-state index contributed by atoms with van der Waals surface area (Å²) in [6.45, 7) is 7.57. The molecule has 0 fully saturated rings. The highest BCUT2D eigenvalue weighted by molar-refractivity contribution is 5.81. The summed E-state index contributed by atoms with van der Waals surface area (Å²) in [6, 6.07) is -0.490. The van der Waals surface area contributed by atoms with Crippen LogP contribution in [0.4, 0.5) is 4.79 Å². The third-order valence-electron chi connectivity index (χ3n) is 3.03. The Bertz CT molecular complexity index is 354. The van der Waals surface area contributed by atoms with Crippen LogP contribution in [0.15, 0.2) is 0 Å². The van der Waals surface area contributed by atoms with Crippen LogP contribution >= 0.6 is 0 Å². The molecule has 0 aromatic heterocycles. The smallest absolute Gasteiger partial charge is 0.407 e. The molecule has 0 rings (SSSR count). The monoisotopic (exact) mass is 330 g/mol. The number of hydrogen-bond donors (Lipinski definition) is 3. The zero-order valence-corrected chi connectivity index (χ0v) is 15.3. The fraction of sp³-hybridized carbons (Fsp3) is 0.875. The lowest BCUT2D eigenvalue weighted by molar-refractivity contribution is -0.122. The van der Waals surface area contributed by atoms with Gasteiger partial charge in [-0.05, 0) is 67.1 Å². The number of amides is 2. The van der Waals surface area contributed by atoms with E-state index in [0.717, 1.165) is 25.8 Å². The Morgan fingerprint density at radius 1 is 1.09 bits per heavy atom. The second-order valence-electron chi connectivity index (χ2n) is 6.98. The number of carbonyl (C=O) groups is 2. The van der Waals surface area contributed by atoms with Gasteiger partial charge in [-0.15, -0.1) is 0 Å². The topological polar surface area (TPSA) is 96.7 Å². The molecule has 4 N–H and O–H groups in total. The van der Waals surface area contributed by atoms with E-state index in [1.54, 1.807) is 0 Å². The maximum atomic E-state index is 11.8. The van der Waals surface area contributed by atoms with Crippen molar-refractivity contribution in [1.82, 2.24) is 15.5 Å². The largest absolute Gasteiger partial charge is 0.444 e. The molecule has 0 aliphatic carbocycles. The van der Waals surface area contributed by atoms with Crippen molar-refractivity contribution in [2.45, 2.75) is 58.1 Å². The SMILES string of the molecule is CN(C)CCCNC(=O)C(N)CCCCNC(=O)OC(C)(C)C. The summed E-state index contributed by atoms with van der Waals surface area (Å²) in [6.07, 6.45) is 2.64. The molecule has 1 unspecified atom stereocenters. The van der Waals surface area contributed by atoms with Gasteiger partial charge in [-0.2, -0.15) is 0 Å². The average Bonchev–Trinajstić information content (AvgIpc) is 2.40. The van der Waals surface area contributed by atoms with E-state index in [9.17, 15) is 9.59 Å². The molecule has 136 valence electrons. The van der Waals surface area contributed by atoms with Gasteiger partial charge in [-0.25, -0.2) is 4.79 Å². The standard InChI is InChI=1S/C16H34N4O3/c1-16(2,3)23-15(22)19-10-7-6-9-13(17)14(21)18-11-8-12-20(4)5/h13H,6-12,17H2,1-5H3,(H,18,21)(H,19,22). The van der Waals surface area contributed by atoms with Crippen LogP contribution in [-0.2, 0) is 9.53 Å². The fourth-order valence-corrected chi connectivity index (χ4v) is 1.86. The van der Waals surface area contributed by atoms with Crippen LogP contribution in [0.25, 0.3) is 0 Å². The number of nitrogens with zero attached hydrogens (tertiary/aromatic N) is 1. The van der Waals surface area contributed by atoms with Gasteiger partial charge < -0.3 is 26.0 Å². The number of nitrogens with two attached hydrogens (primary N) is 1. The summed E-state index contributed by atoms with van der Waals surface area (Å²) in [5, 5.41) is 5.53. The van der Waals surface area contributed by atoms with Crippen molar-refractivity contribution >= 4 is 12.0 Å². The molecule has 0 bridgehead atoms. The lowest BCUT2D eigenvalue weighted by atomic mass is 10.1. The van der Waals surface area contributed by atoms with E-state index in [-0.39, 0.29) is 5.91 Å². The third kappa shape index (κ3) is 14.0. The molecule has 0 aliphatic heterocycles. The van der Waals surface area contributed by atoms with Gasteiger partial charge in [-0.1, -0.05) is 0 Å². The minimum atomic E-state index is -0.490. The van der Waals surface area contributed by atoms with E-state index in [1.807, 2.05) is 34.9 Å². The lowest BCUT2D eigenvalue weighted by Crippen LogP contribution is -2.41. The van der Waals surface area contributed by atoms with Crippen molar-refractivity contribution in [3.63, 3.8) is 0 Å². The van der Waals surface area contributed by atoms with Crippen molar-refractivity contribution in [3.8, 4) is 0 Å². The van der Waals surface area contributed by atoms with Gasteiger partial charge in [0.25, 0.3) is 0 Å². The first kappa shape index (κ1) is 21.7. The normalized spacial score (nSPS) is 12.8. The lowest BCUT2D eigenvalue weighted by Gasteiger charge is -2.19. The van der Waals surface area contributed by atoms with E-state index in [1.165, 1.54) is 0 Å². The molecule has 7 nitrogen and oxygen atoms in total. The quantitative estimate of drug-likeness (QED) is 0.521. The van der Waals surface area contributed by atoms with Gasteiger partial charge in [0.2, 0.25) is 5.91 Å². The van der Waals surface area contributed by atoms with Crippen LogP contribution in [0.3, 0.4) is 0 Å². The van der Waals surface area contributed by atoms with Crippen LogP contribution in [0.2, 0.25) is 0 Å². The molecule has 0 heterocycles. The second-order valence-corrected chi connectivity index (χ2v) is 6.98. The molecular weight excluding hydrogens is 296 g/mol. The zero-order valence-electron chi connectivity index (χ0n) is 15.3. The van der Waals surface area contributed by atoms with Gasteiger partial charge >= 0.3 is 6.09 Å². The highest BCUT2D eigenvalue weighted by Gasteiger charge is 2.16. The number of ether oxygens (including phenoxy) is 1. The molecule has 0 aliphatic rings. The summed E-state index contributed by atoms with van der Waals surface area (Å²) >= 11 is 0. The molecule has 23 heavy (non-hydrogen) atoms. The maximum Gasteiger partial charge on any atom is 0.407 e. The average molecular weight is 330 g/mol. The third-order valence-corrected chi connectivity index (χ3v) is 3.03. The van der Waals surface area contributed by atoms with E-state index >= 15 is 0 Å². The van der Waals surface area contributed by atoms with Crippen LogP contribution in [0, 0.1) is 0 Å². The molecule has 0 saturated heterocycles. The number of nitrogens with one attached hydrogen (secondary N) is 2. The molecule has 0 saturated carbocycles. The van der Waals surface area contributed by atoms with E-state index in [0.29, 0.717) is 19.5 Å². The van der Waals surface area contributed by atoms with Crippen LogP contribution in [0.5, 0.6) is 0 Å². The van der Waals surface area contributed by atoms with Crippen LogP contribution < -0.4 is 16.4 Å². The molecular formula is C16H34N4O3. The molecule has 0 aromatic carbocycles. The summed E-state index contributed by atoms with van der Waals surface area (Å²) in [4.78, 5) is 25.3. The maximum absolute atomic E-state index is 11.8. The number of rotatable bonds is 10. The predicted octanol–water partition coefficient (Wildman–Crippen LogP) is 1.08. The molecule has 2 amide bonds. The van der Waals surface area contributed by atoms with Crippen molar-refractivity contribution in [2.24, 2.45) is 5.73 Å². The van der Waals surface area contributed by atoms with Gasteiger partial charge in [0.15, 0.2) is 0 Å². The van der Waals surface area contributed by atoms with Crippen molar-refractivity contribution in [1.29, 1.82) is 0 Å². The number of alkyl carbamates (subject to hydrolysis) is 1. The van der Waals surface area contributed by atoms with Gasteiger partial charge in [0.05, 0.1) is 6.04 Å². The molecule has 0 spiro atoms. The first-order valence-electron chi connectivity index (χ1n) is 8.26. The van der Waals surface area contributed by atoms with Gasteiger partial charge in [-0.3, -0.25) is 4.79 Å². The van der Waals surface area contributed by atoms with E-state index in [2.05, 4.69) is 15.5 Å². The number of unbranched alkanes of at least 4 members (excludes halogenated alkanes) is 1.